The number of nitrogens with zero attached hydrogens (tertiary/aromatic N) is 2. The minimum atomic E-state index is -3.52. The molecule has 0 amide bonds. The number of hydrogen-bond acceptors (Lipinski definition) is 4. The summed E-state index contributed by atoms with van der Waals surface area (Å²) in [7, 11) is -3.52. The lowest BCUT2D eigenvalue weighted by atomic mass is 10.1. The van der Waals surface area contributed by atoms with Crippen LogP contribution in [-0.4, -0.2) is 38.6 Å². The third-order valence-electron chi connectivity index (χ3n) is 4.45. The minimum Gasteiger partial charge on any atom is -0.368 e. The molecule has 0 atom stereocenters. The Morgan fingerprint density at radius 2 is 1.76 bits per heavy atom. The van der Waals surface area contributed by atoms with Gasteiger partial charge >= 0.3 is 0 Å². The molecule has 2 aromatic rings. The number of anilines is 1. The number of halogens is 1. The zero-order chi connectivity index (χ0) is 17.0. The van der Waals surface area contributed by atoms with Crippen LogP contribution in [0.2, 0.25) is 0 Å². The number of piperazine rings is 1. The molecule has 0 bridgehead atoms. The second kappa shape index (κ2) is 8.74. The van der Waals surface area contributed by atoms with E-state index in [-0.39, 0.29) is 12.4 Å². The van der Waals surface area contributed by atoms with Gasteiger partial charge in [-0.15, -0.1) is 12.4 Å². The highest BCUT2D eigenvalue weighted by Crippen LogP contribution is 2.21. The maximum Gasteiger partial charge on any atom is 0.267 e. The number of benzene rings is 1. The van der Waals surface area contributed by atoms with Crippen molar-refractivity contribution in [1.29, 1.82) is 0 Å². The molecule has 7 heteroatoms. The van der Waals surface area contributed by atoms with Gasteiger partial charge in [0.1, 0.15) is 0 Å². The Labute approximate surface area is 156 Å². The van der Waals surface area contributed by atoms with Crippen LogP contribution in [0.25, 0.3) is 0 Å². The molecule has 1 N–H and O–H groups in total. The van der Waals surface area contributed by atoms with Crippen LogP contribution in [0.5, 0.6) is 0 Å². The summed E-state index contributed by atoms with van der Waals surface area (Å²) in [6, 6.07) is 9.14. The number of hydrogen-bond donors (Lipinski definition) is 1. The molecule has 138 valence electrons. The second-order valence-corrected chi connectivity index (χ2v) is 8.03. The molecule has 0 saturated carbocycles. The normalized spacial score (nSPS) is 15.0. The van der Waals surface area contributed by atoms with Gasteiger partial charge in [0.15, 0.2) is 0 Å². The van der Waals surface area contributed by atoms with E-state index < -0.39 is 10.0 Å². The van der Waals surface area contributed by atoms with Gasteiger partial charge in [0, 0.05) is 38.6 Å². The summed E-state index contributed by atoms with van der Waals surface area (Å²) in [5.41, 5.74) is 2.14. The maximum absolute atomic E-state index is 12.8. The van der Waals surface area contributed by atoms with Crippen LogP contribution in [0.15, 0.2) is 47.6 Å². The van der Waals surface area contributed by atoms with Crippen LogP contribution in [0, 0.1) is 0 Å². The van der Waals surface area contributed by atoms with E-state index in [1.165, 1.54) is 9.54 Å². The highest BCUT2D eigenvalue weighted by Gasteiger charge is 2.19. The lowest BCUT2D eigenvalue weighted by Gasteiger charge is -2.28. The van der Waals surface area contributed by atoms with Crippen LogP contribution in [-0.2, 0) is 16.4 Å². The van der Waals surface area contributed by atoms with Gasteiger partial charge in [-0.2, -0.15) is 0 Å². The predicted octanol–water partition coefficient (Wildman–Crippen LogP) is 2.90. The lowest BCUT2D eigenvalue weighted by molar-refractivity contribution is 0.585. The molecule has 1 aromatic heterocycles. The van der Waals surface area contributed by atoms with Gasteiger partial charge in [0.25, 0.3) is 10.0 Å². The molecule has 0 unspecified atom stereocenters. The summed E-state index contributed by atoms with van der Waals surface area (Å²) >= 11 is 0. The van der Waals surface area contributed by atoms with Crippen molar-refractivity contribution in [1.82, 2.24) is 9.29 Å². The van der Waals surface area contributed by atoms with E-state index in [9.17, 15) is 8.42 Å². The number of unbranched alkanes of at least 4 members (excludes halogenated alkanes) is 1. The van der Waals surface area contributed by atoms with Crippen LogP contribution in [0.1, 0.15) is 25.3 Å². The highest BCUT2D eigenvalue weighted by atomic mass is 35.5. The topological polar surface area (TPSA) is 54.3 Å². The highest BCUT2D eigenvalue weighted by molar-refractivity contribution is 7.90. The van der Waals surface area contributed by atoms with Gasteiger partial charge in [-0.05, 0) is 36.6 Å². The van der Waals surface area contributed by atoms with Crippen LogP contribution in [0.4, 0.5) is 5.69 Å². The predicted molar refractivity (Wildman–Crippen MR) is 104 cm³/mol. The van der Waals surface area contributed by atoms with E-state index in [1.54, 1.807) is 24.5 Å². The largest absolute Gasteiger partial charge is 0.368 e. The molecular formula is C18H26ClN3O2S. The number of rotatable bonds is 6. The summed E-state index contributed by atoms with van der Waals surface area (Å²) in [6.45, 7) is 5.81. The Balaban J connectivity index is 0.00000225. The summed E-state index contributed by atoms with van der Waals surface area (Å²) < 4.78 is 26.9. The Hall–Kier alpha value is -1.50. The first kappa shape index (κ1) is 19.8. The Kier molecular flexibility index (Phi) is 6.93. The fourth-order valence-corrected chi connectivity index (χ4v) is 4.15. The maximum atomic E-state index is 12.8. The van der Waals surface area contributed by atoms with E-state index in [0.29, 0.717) is 4.90 Å². The average Bonchev–Trinajstić information content (AvgIpc) is 3.12. The molecule has 0 aliphatic carbocycles. The number of aromatic nitrogens is 1. The van der Waals surface area contributed by atoms with Crippen molar-refractivity contribution < 1.29 is 8.42 Å². The Morgan fingerprint density at radius 1 is 1.08 bits per heavy atom. The van der Waals surface area contributed by atoms with Crippen molar-refractivity contribution in [3.05, 3.63) is 48.3 Å². The van der Waals surface area contributed by atoms with E-state index in [2.05, 4.69) is 17.1 Å². The molecule has 1 aromatic carbocycles. The summed E-state index contributed by atoms with van der Waals surface area (Å²) in [6.07, 6.45) is 6.60. The molecule has 1 saturated heterocycles. The van der Waals surface area contributed by atoms with Gasteiger partial charge in [-0.25, -0.2) is 12.4 Å². The van der Waals surface area contributed by atoms with Gasteiger partial charge in [-0.3, -0.25) is 0 Å². The van der Waals surface area contributed by atoms with Crippen LogP contribution < -0.4 is 10.2 Å². The third-order valence-corrected chi connectivity index (χ3v) is 6.10. The molecule has 25 heavy (non-hydrogen) atoms. The molecule has 1 aliphatic heterocycles. The first-order valence-corrected chi connectivity index (χ1v) is 10.0. The van der Waals surface area contributed by atoms with E-state index >= 15 is 0 Å². The lowest BCUT2D eigenvalue weighted by Crippen LogP contribution is -2.43. The molecule has 1 aliphatic rings. The van der Waals surface area contributed by atoms with Gasteiger partial charge in [0.05, 0.1) is 10.6 Å². The molecule has 5 nitrogen and oxygen atoms in total. The fourth-order valence-electron chi connectivity index (χ4n) is 2.96. The van der Waals surface area contributed by atoms with Crippen molar-refractivity contribution in [2.24, 2.45) is 0 Å². The van der Waals surface area contributed by atoms with Crippen molar-refractivity contribution in [3.8, 4) is 0 Å². The van der Waals surface area contributed by atoms with Crippen molar-refractivity contribution in [2.75, 3.05) is 31.1 Å². The second-order valence-electron chi connectivity index (χ2n) is 6.19. The molecule has 0 spiro atoms. The van der Waals surface area contributed by atoms with Crippen LogP contribution in [0.3, 0.4) is 0 Å². The minimum absolute atomic E-state index is 0. The van der Waals surface area contributed by atoms with Gasteiger partial charge < -0.3 is 10.2 Å². The summed E-state index contributed by atoms with van der Waals surface area (Å²) in [5.74, 6) is 0. The third kappa shape index (κ3) is 4.57. The Morgan fingerprint density at radius 3 is 2.40 bits per heavy atom. The monoisotopic (exact) mass is 383 g/mol. The number of nitrogens with one attached hydrogen (secondary N) is 1. The van der Waals surface area contributed by atoms with Crippen molar-refractivity contribution in [3.63, 3.8) is 0 Å². The smallest absolute Gasteiger partial charge is 0.267 e. The fraction of sp³-hybridized carbons (Fsp3) is 0.444. The van der Waals surface area contributed by atoms with E-state index in [0.717, 1.165) is 51.1 Å². The number of aryl methyl sites for hydroxylation is 1. The van der Waals surface area contributed by atoms with Gasteiger partial charge in [-0.1, -0.05) is 25.5 Å². The molecule has 2 heterocycles. The summed E-state index contributed by atoms with van der Waals surface area (Å²) in [4.78, 5) is 2.54. The van der Waals surface area contributed by atoms with Crippen LogP contribution >= 0.6 is 12.4 Å². The standard InChI is InChI=1S/C18H25N3O2S.ClH/c1-2-3-4-16-5-7-18(8-6-16)24(22,23)21-12-9-17(15-21)20-13-10-19-11-14-20;/h5-9,12,15,19H,2-4,10-11,13-14H2,1H3;1H. The molecular weight excluding hydrogens is 358 g/mol. The quantitative estimate of drug-likeness (QED) is 0.833. The van der Waals surface area contributed by atoms with Crippen molar-refractivity contribution >= 4 is 28.1 Å². The molecule has 0 radical (unpaired) electrons. The average molecular weight is 384 g/mol. The first-order chi connectivity index (χ1) is 11.6. The summed E-state index contributed by atoms with van der Waals surface area (Å²) in [5, 5.41) is 3.30. The zero-order valence-electron chi connectivity index (χ0n) is 14.5. The molecule has 3 rings (SSSR count). The first-order valence-electron chi connectivity index (χ1n) is 8.59. The Bertz CT molecular complexity index is 766. The van der Waals surface area contributed by atoms with E-state index in [1.807, 2.05) is 18.2 Å². The van der Waals surface area contributed by atoms with Crippen molar-refractivity contribution in [2.45, 2.75) is 31.1 Å². The van der Waals surface area contributed by atoms with Gasteiger partial charge in [0.2, 0.25) is 0 Å². The molecule has 1 fully saturated rings. The SMILES string of the molecule is CCCCc1ccc(S(=O)(=O)n2ccc(N3CCNCC3)c2)cc1.Cl. The van der Waals surface area contributed by atoms with E-state index in [4.69, 9.17) is 0 Å². The zero-order valence-corrected chi connectivity index (χ0v) is 16.2.